The Hall–Kier alpha value is -3.17. The molecule has 30 heavy (non-hydrogen) atoms. The van der Waals surface area contributed by atoms with E-state index in [1.54, 1.807) is 16.8 Å². The lowest BCUT2D eigenvalue weighted by Gasteiger charge is -2.25. The number of carbonyl (C=O) groups excluding carboxylic acids is 2. The van der Waals surface area contributed by atoms with Crippen LogP contribution < -0.4 is 10.2 Å². The van der Waals surface area contributed by atoms with Crippen molar-refractivity contribution in [2.24, 2.45) is 0 Å². The number of hydrogen-bond acceptors (Lipinski definition) is 4. The van der Waals surface area contributed by atoms with Gasteiger partial charge >= 0.3 is 0 Å². The van der Waals surface area contributed by atoms with Gasteiger partial charge in [-0.2, -0.15) is 5.26 Å². The average molecular weight is 407 g/mol. The van der Waals surface area contributed by atoms with Gasteiger partial charge in [0.15, 0.2) is 0 Å². The van der Waals surface area contributed by atoms with E-state index in [2.05, 4.69) is 11.4 Å². The third-order valence-electron chi connectivity index (χ3n) is 4.85. The summed E-state index contributed by atoms with van der Waals surface area (Å²) in [5.41, 5.74) is 5.86. The largest absolute Gasteiger partial charge is 0.324 e. The first-order valence-corrected chi connectivity index (χ1v) is 10.0. The molecule has 158 valence electrons. The van der Waals surface area contributed by atoms with Crippen molar-refractivity contribution in [2.45, 2.75) is 34.1 Å². The van der Waals surface area contributed by atoms with Crippen LogP contribution in [0, 0.1) is 39.0 Å². The Balaban J connectivity index is 2.01. The number of likely N-dealkylation sites (N-methyl/N-ethyl adjacent to an activating group) is 1. The summed E-state index contributed by atoms with van der Waals surface area (Å²) in [6.45, 7) is 8.44. The molecule has 0 bridgehead atoms. The molecule has 0 heterocycles. The van der Waals surface area contributed by atoms with Gasteiger partial charge in [-0.15, -0.1) is 0 Å². The fourth-order valence-electron chi connectivity index (χ4n) is 3.46. The van der Waals surface area contributed by atoms with Gasteiger partial charge in [0.2, 0.25) is 11.8 Å². The second-order valence-electron chi connectivity index (χ2n) is 7.78. The summed E-state index contributed by atoms with van der Waals surface area (Å²) in [5.74, 6) is -0.314. The van der Waals surface area contributed by atoms with Crippen molar-refractivity contribution < 1.29 is 9.59 Å². The first-order chi connectivity index (χ1) is 14.2. The number of anilines is 2. The van der Waals surface area contributed by atoms with Crippen LogP contribution in [0.4, 0.5) is 11.4 Å². The minimum atomic E-state index is -0.167. The highest BCUT2D eigenvalue weighted by atomic mass is 16.2. The summed E-state index contributed by atoms with van der Waals surface area (Å²) < 4.78 is 0. The van der Waals surface area contributed by atoms with Crippen molar-refractivity contribution in [1.82, 2.24) is 4.90 Å². The lowest BCUT2D eigenvalue weighted by Crippen LogP contribution is -2.42. The molecular formula is C24H30N4O2. The third-order valence-corrected chi connectivity index (χ3v) is 4.85. The molecule has 0 aromatic heterocycles. The Bertz CT molecular complexity index is 922. The van der Waals surface area contributed by atoms with Gasteiger partial charge in [-0.25, -0.2) is 0 Å². The fraction of sp³-hybridized carbons (Fsp3) is 0.375. The summed E-state index contributed by atoms with van der Waals surface area (Å²) in [6.07, 6.45) is 0.246. The van der Waals surface area contributed by atoms with Crippen molar-refractivity contribution >= 4 is 23.2 Å². The van der Waals surface area contributed by atoms with E-state index in [1.165, 1.54) is 0 Å². The highest BCUT2D eigenvalue weighted by Gasteiger charge is 2.19. The van der Waals surface area contributed by atoms with Gasteiger partial charge in [0.05, 0.1) is 25.6 Å². The topological polar surface area (TPSA) is 76.4 Å². The molecule has 1 N–H and O–H groups in total. The first-order valence-electron chi connectivity index (χ1n) is 10.0. The smallest absolute Gasteiger partial charge is 0.241 e. The van der Waals surface area contributed by atoms with E-state index in [9.17, 15) is 9.59 Å². The maximum absolute atomic E-state index is 12.9. The summed E-state index contributed by atoms with van der Waals surface area (Å²) >= 11 is 0. The molecule has 0 aliphatic rings. The van der Waals surface area contributed by atoms with Gasteiger partial charge < -0.3 is 10.2 Å². The zero-order chi connectivity index (χ0) is 22.3. The highest BCUT2D eigenvalue weighted by Crippen LogP contribution is 2.22. The maximum atomic E-state index is 12.9. The average Bonchev–Trinajstić information content (AvgIpc) is 2.66. The van der Waals surface area contributed by atoms with Crippen molar-refractivity contribution in [1.29, 1.82) is 5.26 Å². The molecule has 0 unspecified atom stereocenters. The number of amides is 2. The summed E-state index contributed by atoms with van der Waals surface area (Å²) in [5, 5.41) is 11.9. The number of aryl methyl sites for hydroxylation is 4. The monoisotopic (exact) mass is 406 g/mol. The quantitative estimate of drug-likeness (QED) is 0.725. The molecule has 0 aliphatic carbocycles. The molecule has 0 spiro atoms. The van der Waals surface area contributed by atoms with Gasteiger partial charge in [0.25, 0.3) is 0 Å². The summed E-state index contributed by atoms with van der Waals surface area (Å²) in [7, 11) is 1.74. The minimum absolute atomic E-state index is 0.0819. The number of nitriles is 1. The molecule has 0 fully saturated rings. The second-order valence-corrected chi connectivity index (χ2v) is 7.78. The first kappa shape index (κ1) is 23.1. The molecule has 0 aliphatic heterocycles. The van der Waals surface area contributed by atoms with Crippen LogP contribution in [-0.4, -0.2) is 43.4 Å². The predicted molar refractivity (Wildman–Crippen MR) is 121 cm³/mol. The Labute approximate surface area is 179 Å². The second kappa shape index (κ2) is 10.6. The normalized spacial score (nSPS) is 10.6. The highest BCUT2D eigenvalue weighted by molar-refractivity contribution is 5.96. The van der Waals surface area contributed by atoms with E-state index in [-0.39, 0.29) is 31.3 Å². The lowest BCUT2D eigenvalue weighted by molar-refractivity contribution is -0.121. The van der Waals surface area contributed by atoms with Crippen molar-refractivity contribution in [3.8, 4) is 6.07 Å². The SMILES string of the molecule is Cc1ccc(N(CCC#N)C(=O)CN(C)CC(=O)Nc2c(C)cc(C)cc2C)cc1. The van der Waals surface area contributed by atoms with E-state index in [0.29, 0.717) is 6.54 Å². The van der Waals surface area contributed by atoms with E-state index in [4.69, 9.17) is 5.26 Å². The molecule has 6 nitrogen and oxygen atoms in total. The number of hydrogen-bond donors (Lipinski definition) is 1. The summed E-state index contributed by atoms with van der Waals surface area (Å²) in [4.78, 5) is 28.7. The summed E-state index contributed by atoms with van der Waals surface area (Å²) in [6, 6.07) is 13.8. The van der Waals surface area contributed by atoms with Crippen LogP contribution in [0.1, 0.15) is 28.7 Å². The Morgan fingerprint density at radius 1 is 0.967 bits per heavy atom. The molecular weight excluding hydrogens is 376 g/mol. The van der Waals surface area contributed by atoms with Gasteiger partial charge in [0.1, 0.15) is 0 Å². The minimum Gasteiger partial charge on any atom is -0.324 e. The van der Waals surface area contributed by atoms with Gasteiger partial charge in [-0.1, -0.05) is 35.4 Å². The number of carbonyl (C=O) groups is 2. The maximum Gasteiger partial charge on any atom is 0.241 e. The van der Waals surface area contributed by atoms with Gasteiger partial charge in [-0.05, 0) is 58.0 Å². The van der Waals surface area contributed by atoms with Crippen molar-refractivity contribution in [3.05, 3.63) is 58.7 Å². The van der Waals surface area contributed by atoms with Gasteiger partial charge in [-0.3, -0.25) is 14.5 Å². The van der Waals surface area contributed by atoms with Gasteiger partial charge in [0, 0.05) is 17.9 Å². The third kappa shape index (κ3) is 6.43. The van der Waals surface area contributed by atoms with E-state index in [1.807, 2.05) is 64.1 Å². The van der Waals surface area contributed by atoms with Crippen LogP contribution in [0.3, 0.4) is 0 Å². The molecule has 6 heteroatoms. The Morgan fingerprint density at radius 3 is 2.13 bits per heavy atom. The number of benzene rings is 2. The predicted octanol–water partition coefficient (Wildman–Crippen LogP) is 3.74. The number of nitrogens with zero attached hydrogens (tertiary/aromatic N) is 3. The van der Waals surface area contributed by atoms with E-state index < -0.39 is 0 Å². The fourth-order valence-corrected chi connectivity index (χ4v) is 3.46. The van der Waals surface area contributed by atoms with Crippen LogP contribution in [0.5, 0.6) is 0 Å². The number of nitrogens with one attached hydrogen (secondary N) is 1. The molecule has 2 rings (SSSR count). The molecule has 0 saturated carbocycles. The van der Waals surface area contributed by atoms with Crippen molar-refractivity contribution in [2.75, 3.05) is 36.9 Å². The van der Waals surface area contributed by atoms with Crippen LogP contribution in [0.2, 0.25) is 0 Å². The van der Waals surface area contributed by atoms with Crippen molar-refractivity contribution in [3.63, 3.8) is 0 Å². The lowest BCUT2D eigenvalue weighted by atomic mass is 10.1. The standard InChI is InChI=1S/C24H30N4O2/c1-17-7-9-21(10-8-17)28(12-6-11-25)23(30)16-27(5)15-22(29)26-24-19(3)13-18(2)14-20(24)4/h7-10,13-14H,6,12,15-16H2,1-5H3,(H,26,29). The molecule has 0 saturated heterocycles. The van der Waals surface area contributed by atoms with E-state index >= 15 is 0 Å². The van der Waals surface area contributed by atoms with Crippen LogP contribution in [0.25, 0.3) is 0 Å². The van der Waals surface area contributed by atoms with E-state index in [0.717, 1.165) is 33.6 Å². The Kier molecular flexibility index (Phi) is 8.14. The molecule has 2 aromatic carbocycles. The Morgan fingerprint density at radius 2 is 1.57 bits per heavy atom. The molecule has 0 atom stereocenters. The molecule has 0 radical (unpaired) electrons. The molecule has 2 amide bonds. The zero-order valence-electron chi connectivity index (χ0n) is 18.5. The molecule has 2 aromatic rings. The number of rotatable bonds is 8. The van der Waals surface area contributed by atoms with Crippen LogP contribution in [-0.2, 0) is 9.59 Å². The van der Waals surface area contributed by atoms with Crippen LogP contribution >= 0.6 is 0 Å². The zero-order valence-corrected chi connectivity index (χ0v) is 18.5. The van der Waals surface area contributed by atoms with Crippen LogP contribution in [0.15, 0.2) is 36.4 Å².